The van der Waals surface area contributed by atoms with Gasteiger partial charge in [0.25, 0.3) is 11.6 Å². The van der Waals surface area contributed by atoms with E-state index in [1.807, 2.05) is 0 Å². The molecule has 0 radical (unpaired) electrons. The Balaban J connectivity index is 2.97. The number of hydrogen-bond acceptors (Lipinski definition) is 4. The van der Waals surface area contributed by atoms with E-state index in [9.17, 15) is 14.9 Å². The second kappa shape index (κ2) is 5.40. The molecular weight excluding hydrogens is 222 g/mol. The molecule has 0 aliphatic rings. The smallest absolute Gasteiger partial charge is 0.272 e. The molecule has 0 atom stereocenters. The van der Waals surface area contributed by atoms with E-state index in [0.29, 0.717) is 24.2 Å². The fraction of sp³-hybridized carbons (Fsp3) is 0.364. The van der Waals surface area contributed by atoms with Crippen molar-refractivity contribution >= 4 is 11.6 Å². The monoisotopic (exact) mass is 237 g/mol. The van der Waals surface area contributed by atoms with Gasteiger partial charge in [-0.25, -0.2) is 0 Å². The molecule has 0 saturated heterocycles. The van der Waals surface area contributed by atoms with Crippen LogP contribution in [-0.4, -0.2) is 35.9 Å². The highest BCUT2D eigenvalue weighted by molar-refractivity contribution is 5.94. The van der Waals surface area contributed by atoms with Gasteiger partial charge in [-0.15, -0.1) is 0 Å². The Hall–Kier alpha value is -1.95. The number of carbonyl (C=O) groups excluding carboxylic acids is 1. The number of likely N-dealkylation sites (N-methyl/N-ethyl adjacent to an activating group) is 1. The third kappa shape index (κ3) is 3.01. The molecule has 0 aromatic heterocycles. The van der Waals surface area contributed by atoms with Crippen molar-refractivity contribution in [3.05, 3.63) is 39.4 Å². The minimum Gasteiger partial charge on any atom is -0.340 e. The van der Waals surface area contributed by atoms with Crippen LogP contribution in [0.3, 0.4) is 0 Å². The van der Waals surface area contributed by atoms with Crippen molar-refractivity contribution < 1.29 is 9.72 Å². The second-order valence-electron chi connectivity index (χ2n) is 3.77. The summed E-state index contributed by atoms with van der Waals surface area (Å²) in [7, 11) is 1.64. The third-order valence-electron chi connectivity index (χ3n) is 2.45. The molecule has 0 aliphatic heterocycles. The maximum atomic E-state index is 11.9. The van der Waals surface area contributed by atoms with Crippen molar-refractivity contribution in [3.63, 3.8) is 0 Å². The Bertz CT molecular complexity index is 446. The Morgan fingerprint density at radius 1 is 1.53 bits per heavy atom. The standard InChI is InChI=1S/C11H15N3O3/c1-8-7-9(3-4-10(8)14(16)17)11(15)13(2)6-5-12/h3-4,7H,5-6,12H2,1-2H3. The predicted octanol–water partition coefficient (Wildman–Crippen LogP) is 0.934. The summed E-state index contributed by atoms with van der Waals surface area (Å²) in [5.74, 6) is -0.187. The lowest BCUT2D eigenvalue weighted by Gasteiger charge is -2.16. The van der Waals surface area contributed by atoms with Crippen molar-refractivity contribution in [2.24, 2.45) is 5.73 Å². The van der Waals surface area contributed by atoms with Crippen LogP contribution < -0.4 is 5.73 Å². The molecule has 0 bridgehead atoms. The van der Waals surface area contributed by atoms with Gasteiger partial charge in [0.1, 0.15) is 0 Å². The molecule has 6 nitrogen and oxygen atoms in total. The summed E-state index contributed by atoms with van der Waals surface area (Å²) in [6.45, 7) is 2.45. The summed E-state index contributed by atoms with van der Waals surface area (Å²) in [6, 6.07) is 4.33. The van der Waals surface area contributed by atoms with Gasteiger partial charge in [-0.05, 0) is 19.1 Å². The van der Waals surface area contributed by atoms with E-state index in [4.69, 9.17) is 5.73 Å². The fourth-order valence-corrected chi connectivity index (χ4v) is 1.51. The molecule has 0 aliphatic carbocycles. The van der Waals surface area contributed by atoms with Crippen molar-refractivity contribution in [2.45, 2.75) is 6.92 Å². The zero-order chi connectivity index (χ0) is 13.0. The molecule has 1 aromatic rings. The van der Waals surface area contributed by atoms with Crippen LogP contribution in [0.25, 0.3) is 0 Å². The topological polar surface area (TPSA) is 89.5 Å². The molecule has 2 N–H and O–H groups in total. The number of benzene rings is 1. The molecule has 17 heavy (non-hydrogen) atoms. The summed E-state index contributed by atoms with van der Waals surface area (Å²) >= 11 is 0. The van der Waals surface area contributed by atoms with E-state index in [1.54, 1.807) is 14.0 Å². The van der Waals surface area contributed by atoms with Crippen LogP contribution in [-0.2, 0) is 0 Å². The average molecular weight is 237 g/mol. The largest absolute Gasteiger partial charge is 0.340 e. The van der Waals surface area contributed by atoms with Crippen molar-refractivity contribution in [1.82, 2.24) is 4.90 Å². The van der Waals surface area contributed by atoms with Crippen LogP contribution in [0.4, 0.5) is 5.69 Å². The Kier molecular flexibility index (Phi) is 4.17. The predicted molar refractivity (Wildman–Crippen MR) is 63.8 cm³/mol. The van der Waals surface area contributed by atoms with Crippen LogP contribution in [0, 0.1) is 17.0 Å². The molecule has 6 heteroatoms. The first-order valence-electron chi connectivity index (χ1n) is 5.18. The molecule has 1 amide bonds. The first-order chi connectivity index (χ1) is 7.97. The number of nitrogens with zero attached hydrogens (tertiary/aromatic N) is 2. The highest BCUT2D eigenvalue weighted by atomic mass is 16.6. The number of nitrogens with two attached hydrogens (primary N) is 1. The summed E-state index contributed by atoms with van der Waals surface area (Å²) in [4.78, 5) is 23.5. The molecule has 0 unspecified atom stereocenters. The fourth-order valence-electron chi connectivity index (χ4n) is 1.51. The van der Waals surface area contributed by atoms with Crippen LogP contribution >= 0.6 is 0 Å². The number of amides is 1. The lowest BCUT2D eigenvalue weighted by atomic mass is 10.1. The lowest BCUT2D eigenvalue weighted by molar-refractivity contribution is -0.385. The van der Waals surface area contributed by atoms with E-state index in [0.717, 1.165) is 0 Å². The molecule has 92 valence electrons. The van der Waals surface area contributed by atoms with E-state index < -0.39 is 4.92 Å². The van der Waals surface area contributed by atoms with Crippen LogP contribution in [0.15, 0.2) is 18.2 Å². The van der Waals surface area contributed by atoms with Crippen LogP contribution in [0.1, 0.15) is 15.9 Å². The van der Waals surface area contributed by atoms with Gasteiger partial charge in [0.15, 0.2) is 0 Å². The van der Waals surface area contributed by atoms with Gasteiger partial charge in [0, 0.05) is 37.3 Å². The number of hydrogen-bond donors (Lipinski definition) is 1. The highest BCUT2D eigenvalue weighted by Crippen LogP contribution is 2.19. The zero-order valence-corrected chi connectivity index (χ0v) is 9.84. The minimum atomic E-state index is -0.465. The van der Waals surface area contributed by atoms with Crippen molar-refractivity contribution in [2.75, 3.05) is 20.1 Å². The molecule has 1 rings (SSSR count). The first-order valence-corrected chi connectivity index (χ1v) is 5.18. The van der Waals surface area contributed by atoms with Gasteiger partial charge in [0.2, 0.25) is 0 Å². The maximum absolute atomic E-state index is 11.9. The van der Waals surface area contributed by atoms with Crippen LogP contribution in [0.2, 0.25) is 0 Å². The molecule has 1 aromatic carbocycles. The number of rotatable bonds is 4. The zero-order valence-electron chi connectivity index (χ0n) is 9.84. The molecular formula is C11H15N3O3. The van der Waals surface area contributed by atoms with E-state index >= 15 is 0 Å². The number of carbonyl (C=O) groups is 1. The van der Waals surface area contributed by atoms with Gasteiger partial charge < -0.3 is 10.6 Å². The first kappa shape index (κ1) is 13.1. The van der Waals surface area contributed by atoms with E-state index in [-0.39, 0.29) is 11.6 Å². The number of aryl methyl sites for hydroxylation is 1. The summed E-state index contributed by atoms with van der Waals surface area (Å²) < 4.78 is 0. The van der Waals surface area contributed by atoms with Gasteiger partial charge in [-0.3, -0.25) is 14.9 Å². The SMILES string of the molecule is Cc1cc(C(=O)N(C)CCN)ccc1[N+](=O)[O-]. The number of nitro benzene ring substituents is 1. The van der Waals surface area contributed by atoms with Gasteiger partial charge in [-0.2, -0.15) is 0 Å². The number of nitro groups is 1. The Morgan fingerprint density at radius 2 is 2.18 bits per heavy atom. The molecule has 0 saturated carbocycles. The quantitative estimate of drug-likeness (QED) is 0.623. The molecule has 0 spiro atoms. The normalized spacial score (nSPS) is 10.1. The van der Waals surface area contributed by atoms with E-state index in [2.05, 4.69) is 0 Å². The summed E-state index contributed by atoms with van der Waals surface area (Å²) in [6.07, 6.45) is 0. The van der Waals surface area contributed by atoms with Crippen LogP contribution in [0.5, 0.6) is 0 Å². The van der Waals surface area contributed by atoms with Crippen molar-refractivity contribution in [3.8, 4) is 0 Å². The van der Waals surface area contributed by atoms with Gasteiger partial charge >= 0.3 is 0 Å². The van der Waals surface area contributed by atoms with E-state index in [1.165, 1.54) is 23.1 Å². The maximum Gasteiger partial charge on any atom is 0.272 e. The Labute approximate surface area is 99.2 Å². The highest BCUT2D eigenvalue weighted by Gasteiger charge is 2.15. The second-order valence-corrected chi connectivity index (χ2v) is 3.77. The van der Waals surface area contributed by atoms with Gasteiger partial charge in [0.05, 0.1) is 4.92 Å². The Morgan fingerprint density at radius 3 is 2.65 bits per heavy atom. The summed E-state index contributed by atoms with van der Waals surface area (Å²) in [5.41, 5.74) is 6.28. The van der Waals surface area contributed by atoms with Gasteiger partial charge in [-0.1, -0.05) is 0 Å². The average Bonchev–Trinajstić information content (AvgIpc) is 2.27. The molecule has 0 fully saturated rings. The molecule has 0 heterocycles. The third-order valence-corrected chi connectivity index (χ3v) is 2.45. The lowest BCUT2D eigenvalue weighted by Crippen LogP contribution is -2.31. The minimum absolute atomic E-state index is 0.0167. The van der Waals surface area contributed by atoms with Crippen molar-refractivity contribution in [1.29, 1.82) is 0 Å². The summed E-state index contributed by atoms with van der Waals surface area (Å²) in [5, 5.41) is 10.6.